The second-order valence-corrected chi connectivity index (χ2v) is 4.15. The van der Waals surface area contributed by atoms with Crippen molar-refractivity contribution in [1.82, 2.24) is 9.80 Å². The third kappa shape index (κ3) is 2.60. The molecule has 5 heteroatoms. The second kappa shape index (κ2) is 4.06. The summed E-state index contributed by atoms with van der Waals surface area (Å²) in [6.07, 6.45) is -4.11. The Morgan fingerprint density at radius 1 is 1.21 bits per heavy atom. The SMILES string of the molecule is CC(C)N1CCN(C)C[C@H]1C(F)(F)F. The van der Waals surface area contributed by atoms with E-state index in [4.69, 9.17) is 0 Å². The molecule has 0 aromatic heterocycles. The quantitative estimate of drug-likeness (QED) is 0.648. The average molecular weight is 210 g/mol. The van der Waals surface area contributed by atoms with E-state index in [0.717, 1.165) is 0 Å². The molecule has 1 heterocycles. The standard InChI is InChI=1S/C9H17F3N2/c1-7(2)14-5-4-13(3)6-8(14)9(10,11)12/h7-8H,4-6H2,1-3H3/t8-/m0/s1. The first kappa shape index (κ1) is 11.8. The number of alkyl halides is 3. The van der Waals surface area contributed by atoms with Gasteiger partial charge in [0.2, 0.25) is 0 Å². The molecule has 1 atom stereocenters. The molecule has 0 aromatic rings. The molecular formula is C9H17F3N2. The molecular weight excluding hydrogens is 193 g/mol. The van der Waals surface area contributed by atoms with Gasteiger partial charge in [-0.15, -0.1) is 0 Å². The van der Waals surface area contributed by atoms with Gasteiger partial charge in [-0.1, -0.05) is 0 Å². The van der Waals surface area contributed by atoms with Crippen molar-refractivity contribution in [3.05, 3.63) is 0 Å². The fourth-order valence-corrected chi connectivity index (χ4v) is 1.84. The molecule has 0 unspecified atom stereocenters. The van der Waals surface area contributed by atoms with E-state index in [1.165, 1.54) is 4.90 Å². The summed E-state index contributed by atoms with van der Waals surface area (Å²) in [5.74, 6) is 0. The zero-order chi connectivity index (χ0) is 10.9. The van der Waals surface area contributed by atoms with Crippen LogP contribution in [0.4, 0.5) is 13.2 Å². The lowest BCUT2D eigenvalue weighted by Crippen LogP contribution is -2.59. The Bertz CT molecular complexity index is 191. The minimum Gasteiger partial charge on any atom is -0.303 e. The summed E-state index contributed by atoms with van der Waals surface area (Å²) in [7, 11) is 1.73. The fraction of sp³-hybridized carbons (Fsp3) is 1.00. The maximum absolute atomic E-state index is 12.7. The summed E-state index contributed by atoms with van der Waals surface area (Å²) in [4.78, 5) is 3.26. The highest BCUT2D eigenvalue weighted by molar-refractivity contribution is 4.87. The Balaban J connectivity index is 2.74. The van der Waals surface area contributed by atoms with Crippen LogP contribution in [0.5, 0.6) is 0 Å². The van der Waals surface area contributed by atoms with Crippen molar-refractivity contribution >= 4 is 0 Å². The lowest BCUT2D eigenvalue weighted by molar-refractivity contribution is -0.200. The molecule has 0 saturated carbocycles. The Morgan fingerprint density at radius 3 is 2.21 bits per heavy atom. The molecule has 1 saturated heterocycles. The number of likely N-dealkylation sites (N-methyl/N-ethyl adjacent to an activating group) is 1. The minimum atomic E-state index is -4.11. The third-order valence-electron chi connectivity index (χ3n) is 2.67. The van der Waals surface area contributed by atoms with Crippen LogP contribution in [0.3, 0.4) is 0 Å². The molecule has 0 radical (unpaired) electrons. The van der Waals surface area contributed by atoms with Crippen LogP contribution in [0.15, 0.2) is 0 Å². The van der Waals surface area contributed by atoms with Crippen LogP contribution in [-0.4, -0.2) is 54.7 Å². The van der Waals surface area contributed by atoms with Crippen LogP contribution >= 0.6 is 0 Å². The molecule has 0 amide bonds. The number of hydrogen-bond donors (Lipinski definition) is 0. The number of nitrogens with zero attached hydrogens (tertiary/aromatic N) is 2. The summed E-state index contributed by atoms with van der Waals surface area (Å²) in [6, 6.07) is -1.35. The smallest absolute Gasteiger partial charge is 0.303 e. The molecule has 14 heavy (non-hydrogen) atoms. The predicted molar refractivity (Wildman–Crippen MR) is 49.2 cm³/mol. The van der Waals surface area contributed by atoms with Gasteiger partial charge in [-0.3, -0.25) is 4.90 Å². The van der Waals surface area contributed by atoms with Crippen LogP contribution in [-0.2, 0) is 0 Å². The van der Waals surface area contributed by atoms with Crippen molar-refractivity contribution in [2.45, 2.75) is 32.1 Å². The molecule has 84 valence electrons. The predicted octanol–water partition coefficient (Wildman–Crippen LogP) is 1.57. The van der Waals surface area contributed by atoms with Crippen molar-refractivity contribution in [2.75, 3.05) is 26.7 Å². The van der Waals surface area contributed by atoms with Gasteiger partial charge in [-0.05, 0) is 20.9 Å². The van der Waals surface area contributed by atoms with Gasteiger partial charge >= 0.3 is 6.18 Å². The summed E-state index contributed by atoms with van der Waals surface area (Å²) in [5, 5.41) is 0. The Morgan fingerprint density at radius 2 is 1.79 bits per heavy atom. The topological polar surface area (TPSA) is 6.48 Å². The van der Waals surface area contributed by atoms with Crippen LogP contribution in [0.25, 0.3) is 0 Å². The summed E-state index contributed by atoms with van der Waals surface area (Å²) in [5.41, 5.74) is 0. The van der Waals surface area contributed by atoms with E-state index < -0.39 is 12.2 Å². The first-order chi connectivity index (χ1) is 6.32. The highest BCUT2D eigenvalue weighted by Crippen LogP contribution is 2.28. The maximum atomic E-state index is 12.7. The van der Waals surface area contributed by atoms with Gasteiger partial charge in [0, 0.05) is 25.7 Å². The van der Waals surface area contributed by atoms with Gasteiger partial charge in [0.05, 0.1) is 0 Å². The molecule has 1 aliphatic heterocycles. The van der Waals surface area contributed by atoms with Crippen LogP contribution < -0.4 is 0 Å². The van der Waals surface area contributed by atoms with Crippen LogP contribution in [0, 0.1) is 0 Å². The summed E-state index contributed by atoms with van der Waals surface area (Å²) in [6.45, 7) is 4.92. The van der Waals surface area contributed by atoms with E-state index in [0.29, 0.717) is 13.1 Å². The number of hydrogen-bond acceptors (Lipinski definition) is 2. The molecule has 1 rings (SSSR count). The van der Waals surface area contributed by atoms with Crippen LogP contribution in [0.1, 0.15) is 13.8 Å². The highest BCUT2D eigenvalue weighted by Gasteiger charge is 2.46. The van der Waals surface area contributed by atoms with Crippen molar-refractivity contribution in [3.8, 4) is 0 Å². The van der Waals surface area contributed by atoms with E-state index in [1.807, 2.05) is 13.8 Å². The molecule has 2 nitrogen and oxygen atoms in total. The molecule has 1 aliphatic rings. The highest BCUT2D eigenvalue weighted by atomic mass is 19.4. The Labute approximate surface area is 82.7 Å². The number of piperazine rings is 1. The number of rotatable bonds is 1. The molecule has 0 N–H and O–H groups in total. The molecule has 0 spiro atoms. The first-order valence-corrected chi connectivity index (χ1v) is 4.83. The average Bonchev–Trinajstić information content (AvgIpc) is 2.01. The molecule has 0 bridgehead atoms. The van der Waals surface area contributed by atoms with Gasteiger partial charge in [0.15, 0.2) is 0 Å². The van der Waals surface area contributed by atoms with E-state index in [1.54, 1.807) is 11.9 Å². The van der Waals surface area contributed by atoms with Crippen LogP contribution in [0.2, 0.25) is 0 Å². The van der Waals surface area contributed by atoms with Gasteiger partial charge in [0.1, 0.15) is 6.04 Å². The van der Waals surface area contributed by atoms with E-state index in [-0.39, 0.29) is 12.6 Å². The second-order valence-electron chi connectivity index (χ2n) is 4.15. The number of halogens is 3. The Kier molecular flexibility index (Phi) is 3.42. The summed E-state index contributed by atoms with van der Waals surface area (Å²) < 4.78 is 38.0. The molecule has 1 fully saturated rings. The van der Waals surface area contributed by atoms with Gasteiger partial charge in [0.25, 0.3) is 0 Å². The zero-order valence-corrected chi connectivity index (χ0v) is 8.80. The first-order valence-electron chi connectivity index (χ1n) is 4.83. The normalized spacial score (nSPS) is 27.2. The van der Waals surface area contributed by atoms with E-state index >= 15 is 0 Å². The Hall–Kier alpha value is -0.290. The van der Waals surface area contributed by atoms with Crippen molar-refractivity contribution in [2.24, 2.45) is 0 Å². The maximum Gasteiger partial charge on any atom is 0.405 e. The lowest BCUT2D eigenvalue weighted by Gasteiger charge is -2.42. The molecule has 0 aliphatic carbocycles. The zero-order valence-electron chi connectivity index (χ0n) is 8.80. The molecule has 0 aromatic carbocycles. The summed E-state index contributed by atoms with van der Waals surface area (Å²) >= 11 is 0. The largest absolute Gasteiger partial charge is 0.405 e. The fourth-order valence-electron chi connectivity index (χ4n) is 1.84. The van der Waals surface area contributed by atoms with Gasteiger partial charge in [-0.25, -0.2) is 0 Å². The van der Waals surface area contributed by atoms with E-state index in [2.05, 4.69) is 0 Å². The van der Waals surface area contributed by atoms with E-state index in [9.17, 15) is 13.2 Å². The monoisotopic (exact) mass is 210 g/mol. The van der Waals surface area contributed by atoms with Gasteiger partial charge < -0.3 is 4.90 Å². The minimum absolute atomic E-state index is 0.0460. The lowest BCUT2D eigenvalue weighted by atomic mass is 10.1. The van der Waals surface area contributed by atoms with Crippen molar-refractivity contribution in [3.63, 3.8) is 0 Å². The van der Waals surface area contributed by atoms with Gasteiger partial charge in [-0.2, -0.15) is 13.2 Å². The van der Waals surface area contributed by atoms with Crippen molar-refractivity contribution < 1.29 is 13.2 Å². The van der Waals surface area contributed by atoms with Crippen molar-refractivity contribution in [1.29, 1.82) is 0 Å². The third-order valence-corrected chi connectivity index (χ3v) is 2.67.